The molecule has 0 bridgehead atoms. The van der Waals surface area contributed by atoms with E-state index < -0.39 is 0 Å². The number of hydrogen-bond donors (Lipinski definition) is 2. The first kappa shape index (κ1) is 14.9. The molecule has 1 aromatic rings. The molecule has 16 heavy (non-hydrogen) atoms. The zero-order valence-electron chi connectivity index (χ0n) is 9.69. The second kappa shape index (κ2) is 8.13. The summed E-state index contributed by atoms with van der Waals surface area (Å²) in [6, 6.07) is 1.81. The first-order chi connectivity index (χ1) is 7.27. The molecule has 0 fully saturated rings. The highest BCUT2D eigenvalue weighted by atomic mass is 35.5. The summed E-state index contributed by atoms with van der Waals surface area (Å²) in [7, 11) is 1.83. The van der Waals surface area contributed by atoms with Gasteiger partial charge < -0.3 is 10.6 Å². The van der Waals surface area contributed by atoms with E-state index >= 15 is 0 Å². The van der Waals surface area contributed by atoms with Gasteiger partial charge in [0.15, 0.2) is 0 Å². The van der Waals surface area contributed by atoms with Crippen LogP contribution >= 0.6 is 12.4 Å². The van der Waals surface area contributed by atoms with E-state index in [-0.39, 0.29) is 18.3 Å². The number of nitrogens with zero attached hydrogens (tertiary/aromatic N) is 2. The Balaban J connectivity index is 0.00000225. The van der Waals surface area contributed by atoms with Crippen molar-refractivity contribution in [3.05, 3.63) is 12.3 Å². The van der Waals surface area contributed by atoms with Crippen LogP contribution in [-0.2, 0) is 11.3 Å². The van der Waals surface area contributed by atoms with Crippen LogP contribution in [0.1, 0.15) is 19.8 Å². The second-order valence-corrected chi connectivity index (χ2v) is 3.34. The topological polar surface area (TPSA) is 59.0 Å². The van der Waals surface area contributed by atoms with Crippen LogP contribution in [0.25, 0.3) is 0 Å². The van der Waals surface area contributed by atoms with E-state index in [1.807, 2.05) is 13.1 Å². The van der Waals surface area contributed by atoms with Gasteiger partial charge in [-0.25, -0.2) is 4.68 Å². The largest absolute Gasteiger partial charge is 0.319 e. The van der Waals surface area contributed by atoms with E-state index in [4.69, 9.17) is 0 Å². The average Bonchev–Trinajstić information content (AvgIpc) is 2.63. The third-order valence-corrected chi connectivity index (χ3v) is 2.02. The lowest BCUT2D eigenvalue weighted by molar-refractivity contribution is -0.116. The monoisotopic (exact) mass is 246 g/mol. The molecule has 0 atom stereocenters. The van der Waals surface area contributed by atoms with Crippen LogP contribution in [0.2, 0.25) is 0 Å². The zero-order chi connectivity index (χ0) is 11.1. The molecular weight excluding hydrogens is 228 g/mol. The van der Waals surface area contributed by atoms with Crippen molar-refractivity contribution in [3.8, 4) is 0 Å². The number of anilines is 1. The number of carbonyl (C=O) groups excluding carboxylic acids is 1. The molecular formula is C10H19ClN4O. The summed E-state index contributed by atoms with van der Waals surface area (Å²) in [4.78, 5) is 11.4. The highest BCUT2D eigenvalue weighted by molar-refractivity contribution is 5.89. The molecule has 0 aromatic carbocycles. The van der Waals surface area contributed by atoms with Gasteiger partial charge in [-0.1, -0.05) is 6.92 Å². The van der Waals surface area contributed by atoms with Gasteiger partial charge in [-0.3, -0.25) is 4.79 Å². The number of amides is 1. The standard InChI is InChI=1S/C10H18N4O.ClH/c1-3-8-14-9(4-7-12-14)13-10(15)5-6-11-2;/h4,7,11H,3,5-6,8H2,1-2H3,(H,13,15);1H. The van der Waals surface area contributed by atoms with Gasteiger partial charge in [0.2, 0.25) is 5.91 Å². The molecule has 92 valence electrons. The maximum Gasteiger partial charge on any atom is 0.226 e. The summed E-state index contributed by atoms with van der Waals surface area (Å²) < 4.78 is 1.80. The predicted octanol–water partition coefficient (Wildman–Crippen LogP) is 1.26. The minimum Gasteiger partial charge on any atom is -0.319 e. The summed E-state index contributed by atoms with van der Waals surface area (Å²) in [6.45, 7) is 3.59. The summed E-state index contributed by atoms with van der Waals surface area (Å²) in [5.41, 5.74) is 0. The summed E-state index contributed by atoms with van der Waals surface area (Å²) in [5.74, 6) is 0.792. The molecule has 0 spiro atoms. The van der Waals surface area contributed by atoms with Crippen molar-refractivity contribution < 1.29 is 4.79 Å². The lowest BCUT2D eigenvalue weighted by atomic mass is 10.4. The van der Waals surface area contributed by atoms with E-state index in [0.717, 1.165) is 18.8 Å². The van der Waals surface area contributed by atoms with Crippen LogP contribution in [-0.4, -0.2) is 29.3 Å². The molecule has 1 rings (SSSR count). The first-order valence-electron chi connectivity index (χ1n) is 5.24. The molecule has 0 saturated carbocycles. The number of aromatic nitrogens is 2. The molecule has 1 amide bonds. The average molecular weight is 247 g/mol. The van der Waals surface area contributed by atoms with Crippen LogP contribution in [0.5, 0.6) is 0 Å². The number of aryl methyl sites for hydroxylation is 1. The van der Waals surface area contributed by atoms with Crippen molar-refractivity contribution in [2.24, 2.45) is 0 Å². The fraction of sp³-hybridized carbons (Fsp3) is 0.600. The van der Waals surface area contributed by atoms with Gasteiger partial charge in [0.1, 0.15) is 5.82 Å². The molecule has 6 heteroatoms. The Hall–Kier alpha value is -1.07. The molecule has 0 saturated heterocycles. The SMILES string of the molecule is CCCn1nccc1NC(=O)CCNC.Cl. The van der Waals surface area contributed by atoms with Gasteiger partial charge in [0.25, 0.3) is 0 Å². The number of carbonyl (C=O) groups is 1. The van der Waals surface area contributed by atoms with Crippen LogP contribution < -0.4 is 10.6 Å². The quantitative estimate of drug-likeness (QED) is 0.795. The lowest BCUT2D eigenvalue weighted by Crippen LogP contribution is -2.20. The Morgan fingerprint density at radius 3 is 2.94 bits per heavy atom. The summed E-state index contributed by atoms with van der Waals surface area (Å²) >= 11 is 0. The van der Waals surface area contributed by atoms with Crippen LogP contribution in [0, 0.1) is 0 Å². The van der Waals surface area contributed by atoms with Crippen molar-refractivity contribution in [2.45, 2.75) is 26.3 Å². The lowest BCUT2D eigenvalue weighted by Gasteiger charge is -2.07. The first-order valence-corrected chi connectivity index (χ1v) is 5.24. The molecule has 1 heterocycles. The Bertz CT molecular complexity index is 314. The van der Waals surface area contributed by atoms with E-state index in [0.29, 0.717) is 13.0 Å². The van der Waals surface area contributed by atoms with Gasteiger partial charge in [-0.15, -0.1) is 12.4 Å². The minimum absolute atomic E-state index is 0. The number of rotatable bonds is 6. The van der Waals surface area contributed by atoms with Gasteiger partial charge in [-0.2, -0.15) is 5.10 Å². The zero-order valence-corrected chi connectivity index (χ0v) is 10.5. The van der Waals surface area contributed by atoms with Crippen LogP contribution in [0.15, 0.2) is 12.3 Å². The fourth-order valence-electron chi connectivity index (χ4n) is 1.27. The molecule has 5 nitrogen and oxygen atoms in total. The van der Waals surface area contributed by atoms with Crippen molar-refractivity contribution in [1.82, 2.24) is 15.1 Å². The van der Waals surface area contributed by atoms with Gasteiger partial charge in [0, 0.05) is 25.6 Å². The van der Waals surface area contributed by atoms with E-state index in [1.165, 1.54) is 0 Å². The maximum absolute atomic E-state index is 11.4. The maximum atomic E-state index is 11.4. The van der Waals surface area contributed by atoms with E-state index in [1.54, 1.807) is 10.9 Å². The smallest absolute Gasteiger partial charge is 0.226 e. The van der Waals surface area contributed by atoms with Crippen LogP contribution in [0.4, 0.5) is 5.82 Å². The summed E-state index contributed by atoms with van der Waals surface area (Å²) in [6.07, 6.45) is 3.18. The molecule has 2 N–H and O–H groups in total. The van der Waals surface area contributed by atoms with Gasteiger partial charge >= 0.3 is 0 Å². The van der Waals surface area contributed by atoms with Crippen LogP contribution in [0.3, 0.4) is 0 Å². The number of halogens is 1. The minimum atomic E-state index is 0. The molecule has 0 aliphatic rings. The highest BCUT2D eigenvalue weighted by Crippen LogP contribution is 2.06. The van der Waals surface area contributed by atoms with Crippen molar-refractivity contribution in [3.63, 3.8) is 0 Å². The third-order valence-electron chi connectivity index (χ3n) is 2.02. The summed E-state index contributed by atoms with van der Waals surface area (Å²) in [5, 5.41) is 9.89. The fourth-order valence-corrected chi connectivity index (χ4v) is 1.27. The second-order valence-electron chi connectivity index (χ2n) is 3.34. The molecule has 0 unspecified atom stereocenters. The molecule has 1 aromatic heterocycles. The van der Waals surface area contributed by atoms with Gasteiger partial charge in [0.05, 0.1) is 6.20 Å². The van der Waals surface area contributed by atoms with E-state index in [2.05, 4.69) is 22.7 Å². The van der Waals surface area contributed by atoms with Crippen molar-refractivity contribution in [2.75, 3.05) is 18.9 Å². The van der Waals surface area contributed by atoms with E-state index in [9.17, 15) is 4.79 Å². The number of hydrogen-bond acceptors (Lipinski definition) is 3. The Morgan fingerprint density at radius 2 is 2.31 bits per heavy atom. The molecule has 0 aliphatic carbocycles. The van der Waals surface area contributed by atoms with Crippen molar-refractivity contribution in [1.29, 1.82) is 0 Å². The molecule has 0 radical (unpaired) electrons. The molecule has 0 aliphatic heterocycles. The Kier molecular flexibility index (Phi) is 7.58. The third kappa shape index (κ3) is 4.63. The predicted molar refractivity (Wildman–Crippen MR) is 66.9 cm³/mol. The normalized spacial score (nSPS) is 9.62. The van der Waals surface area contributed by atoms with Gasteiger partial charge in [-0.05, 0) is 13.5 Å². The highest BCUT2D eigenvalue weighted by Gasteiger charge is 2.05. The Morgan fingerprint density at radius 1 is 1.56 bits per heavy atom. The number of nitrogens with one attached hydrogen (secondary N) is 2. The van der Waals surface area contributed by atoms with Crippen molar-refractivity contribution >= 4 is 24.1 Å². The Labute approximate surface area is 102 Å².